The molecule has 0 aliphatic rings. The molecule has 2 rings (SSSR count). The number of hydrogen-bond donors (Lipinski definition) is 1. The number of methoxy groups -OCH3 is 2. The van der Waals surface area contributed by atoms with Crippen LogP contribution in [-0.4, -0.2) is 36.8 Å². The number of ether oxygens (including phenoxy) is 4. The lowest BCUT2D eigenvalue weighted by atomic mass is 10.2. The lowest BCUT2D eigenvalue weighted by molar-refractivity contribution is -0.0551. The highest BCUT2D eigenvalue weighted by molar-refractivity contribution is 5.81. The first-order valence-corrected chi connectivity index (χ1v) is 6.45. The third-order valence-corrected chi connectivity index (χ3v) is 2.93. The van der Waals surface area contributed by atoms with Gasteiger partial charge in [0.25, 0.3) is 0 Å². The molecule has 0 saturated carbocycles. The number of hydrogen-bond acceptors (Lipinski definition) is 6. The Morgan fingerprint density at radius 1 is 1.05 bits per heavy atom. The van der Waals surface area contributed by atoms with E-state index < -0.39 is 18.3 Å². The molecule has 0 fully saturated rings. The van der Waals surface area contributed by atoms with Crippen LogP contribution in [0, 0.1) is 0 Å². The number of aromatic nitrogens is 2. The van der Waals surface area contributed by atoms with Gasteiger partial charge in [0.15, 0.2) is 24.1 Å². The van der Waals surface area contributed by atoms with Gasteiger partial charge in [0.1, 0.15) is 0 Å². The first-order valence-electron chi connectivity index (χ1n) is 6.45. The Morgan fingerprint density at radius 2 is 1.62 bits per heavy atom. The molecular formula is C14H18N2O5. The van der Waals surface area contributed by atoms with Gasteiger partial charge in [-0.2, -0.15) is 0 Å². The Hall–Kier alpha value is -2.12. The normalized spacial score (nSPS) is 13.9. The largest absolute Gasteiger partial charge is 0.461 e. The van der Waals surface area contributed by atoms with Gasteiger partial charge in [-0.05, 0) is 19.9 Å². The van der Waals surface area contributed by atoms with Crippen molar-refractivity contribution in [3.05, 3.63) is 28.8 Å². The number of fused-ring (bicyclic) bond motifs is 1. The average Bonchev–Trinajstić information content (AvgIpc) is 2.47. The van der Waals surface area contributed by atoms with Crippen LogP contribution < -0.4 is 15.2 Å². The lowest BCUT2D eigenvalue weighted by Gasteiger charge is -2.19. The van der Waals surface area contributed by atoms with E-state index in [-0.39, 0.29) is 0 Å². The highest BCUT2D eigenvalue weighted by atomic mass is 16.7. The third kappa shape index (κ3) is 3.71. The van der Waals surface area contributed by atoms with E-state index in [0.717, 1.165) is 5.39 Å². The molecule has 0 spiro atoms. The van der Waals surface area contributed by atoms with E-state index in [1.165, 1.54) is 13.3 Å². The van der Waals surface area contributed by atoms with Gasteiger partial charge in [-0.1, -0.05) is 0 Å². The van der Waals surface area contributed by atoms with E-state index in [9.17, 15) is 4.79 Å². The number of nitrogens with zero attached hydrogens (tertiary/aromatic N) is 1. The zero-order valence-corrected chi connectivity index (χ0v) is 12.4. The molecule has 21 heavy (non-hydrogen) atoms. The molecule has 7 nitrogen and oxygen atoms in total. The smallest absolute Gasteiger partial charge is 0.345 e. The maximum absolute atomic E-state index is 11.3. The van der Waals surface area contributed by atoms with Gasteiger partial charge in [0.2, 0.25) is 0 Å². The maximum atomic E-state index is 11.3. The van der Waals surface area contributed by atoms with Crippen LogP contribution in [0.4, 0.5) is 0 Å². The van der Waals surface area contributed by atoms with Crippen LogP contribution in [0.3, 0.4) is 0 Å². The Labute approximate surface area is 121 Å². The van der Waals surface area contributed by atoms with Gasteiger partial charge in [-0.25, -0.2) is 9.78 Å². The van der Waals surface area contributed by atoms with Crippen molar-refractivity contribution in [2.75, 3.05) is 14.2 Å². The molecular weight excluding hydrogens is 276 g/mol. The minimum absolute atomic E-state index is 0.424. The Kier molecular flexibility index (Phi) is 4.77. The fraction of sp³-hybridized carbons (Fsp3) is 0.429. The average molecular weight is 294 g/mol. The third-order valence-electron chi connectivity index (χ3n) is 2.93. The Morgan fingerprint density at radius 3 is 2.19 bits per heavy atom. The van der Waals surface area contributed by atoms with Crippen LogP contribution >= 0.6 is 0 Å². The van der Waals surface area contributed by atoms with Gasteiger partial charge in [-0.15, -0.1) is 0 Å². The fourth-order valence-corrected chi connectivity index (χ4v) is 1.70. The molecule has 114 valence electrons. The molecule has 1 aromatic heterocycles. The summed E-state index contributed by atoms with van der Waals surface area (Å²) >= 11 is 0. The van der Waals surface area contributed by atoms with Crippen molar-refractivity contribution in [1.29, 1.82) is 0 Å². The standard InChI is InChI=1S/C14H18N2O5/c1-8(18-3)20-12-5-10-7-15-14(17)16-11(10)6-13(12)21-9(2)19-4/h5-9H,1-4H3,(H,15,16,17). The summed E-state index contributed by atoms with van der Waals surface area (Å²) in [4.78, 5) is 17.6. The summed E-state index contributed by atoms with van der Waals surface area (Å²) in [6, 6.07) is 3.40. The van der Waals surface area contributed by atoms with E-state index in [1.54, 1.807) is 33.1 Å². The number of rotatable bonds is 6. The quantitative estimate of drug-likeness (QED) is 0.816. The SMILES string of the molecule is COC(C)Oc1cc2cnc(=O)[nH]c2cc1OC(C)OC. The van der Waals surface area contributed by atoms with Crippen LogP contribution in [0.1, 0.15) is 13.8 Å². The number of nitrogens with one attached hydrogen (secondary N) is 1. The van der Waals surface area contributed by atoms with E-state index in [2.05, 4.69) is 9.97 Å². The van der Waals surface area contributed by atoms with Crippen molar-refractivity contribution in [3.8, 4) is 11.5 Å². The van der Waals surface area contributed by atoms with Gasteiger partial charge in [-0.3, -0.25) is 0 Å². The summed E-state index contributed by atoms with van der Waals surface area (Å²) in [6.07, 6.45) is 0.566. The number of benzene rings is 1. The molecule has 0 amide bonds. The van der Waals surface area contributed by atoms with E-state index >= 15 is 0 Å². The zero-order chi connectivity index (χ0) is 15.4. The van der Waals surface area contributed by atoms with Crippen molar-refractivity contribution in [2.24, 2.45) is 0 Å². The summed E-state index contributed by atoms with van der Waals surface area (Å²) in [5, 5.41) is 0.727. The van der Waals surface area contributed by atoms with E-state index in [4.69, 9.17) is 18.9 Å². The number of H-pyrrole nitrogens is 1. The molecule has 2 unspecified atom stereocenters. The molecule has 1 heterocycles. The van der Waals surface area contributed by atoms with Crippen LogP contribution in [-0.2, 0) is 9.47 Å². The second-order valence-electron chi connectivity index (χ2n) is 4.42. The van der Waals surface area contributed by atoms with Crippen molar-refractivity contribution in [2.45, 2.75) is 26.4 Å². The molecule has 1 aromatic carbocycles. The molecule has 0 saturated heterocycles. The highest BCUT2D eigenvalue weighted by Gasteiger charge is 2.14. The first kappa shape index (κ1) is 15.3. The van der Waals surface area contributed by atoms with Crippen LogP contribution in [0.15, 0.2) is 23.1 Å². The van der Waals surface area contributed by atoms with Gasteiger partial charge in [0.05, 0.1) is 5.52 Å². The molecule has 0 aliphatic carbocycles. The number of aromatic amines is 1. The van der Waals surface area contributed by atoms with Gasteiger partial charge in [0, 0.05) is 31.9 Å². The van der Waals surface area contributed by atoms with Crippen LogP contribution in [0.2, 0.25) is 0 Å². The van der Waals surface area contributed by atoms with Crippen LogP contribution in [0.5, 0.6) is 11.5 Å². The Balaban J connectivity index is 2.48. The molecule has 1 N–H and O–H groups in total. The van der Waals surface area contributed by atoms with Crippen molar-refractivity contribution in [1.82, 2.24) is 9.97 Å². The minimum atomic E-state index is -0.462. The van der Waals surface area contributed by atoms with Crippen molar-refractivity contribution in [3.63, 3.8) is 0 Å². The van der Waals surface area contributed by atoms with E-state index in [1.807, 2.05) is 0 Å². The summed E-state index contributed by atoms with van der Waals surface area (Å²) < 4.78 is 21.5. The minimum Gasteiger partial charge on any atom is -0.461 e. The van der Waals surface area contributed by atoms with Gasteiger partial charge < -0.3 is 23.9 Å². The molecule has 2 aromatic rings. The predicted octanol–water partition coefficient (Wildman–Crippen LogP) is 1.67. The zero-order valence-electron chi connectivity index (χ0n) is 12.4. The van der Waals surface area contributed by atoms with Gasteiger partial charge >= 0.3 is 5.69 Å². The summed E-state index contributed by atoms with van der Waals surface area (Å²) in [5.74, 6) is 0.928. The van der Waals surface area contributed by atoms with Crippen LogP contribution in [0.25, 0.3) is 10.9 Å². The molecule has 0 aliphatic heterocycles. The second kappa shape index (κ2) is 6.55. The second-order valence-corrected chi connectivity index (χ2v) is 4.42. The van der Waals surface area contributed by atoms with Crippen molar-refractivity contribution >= 4 is 10.9 Å². The summed E-state index contributed by atoms with van der Waals surface area (Å²) in [5.41, 5.74) is 0.179. The first-order chi connectivity index (χ1) is 10.0. The predicted molar refractivity (Wildman–Crippen MR) is 76.6 cm³/mol. The van der Waals surface area contributed by atoms with E-state index in [0.29, 0.717) is 17.0 Å². The lowest BCUT2D eigenvalue weighted by Crippen LogP contribution is -2.18. The highest BCUT2D eigenvalue weighted by Crippen LogP contribution is 2.33. The molecule has 0 bridgehead atoms. The Bertz CT molecular complexity index is 670. The molecule has 7 heteroatoms. The molecule has 2 atom stereocenters. The topological polar surface area (TPSA) is 82.7 Å². The summed E-state index contributed by atoms with van der Waals surface area (Å²) in [6.45, 7) is 3.52. The summed E-state index contributed by atoms with van der Waals surface area (Å²) in [7, 11) is 3.08. The monoisotopic (exact) mass is 294 g/mol. The van der Waals surface area contributed by atoms with Crippen molar-refractivity contribution < 1.29 is 18.9 Å². The molecule has 0 radical (unpaired) electrons. The fourth-order valence-electron chi connectivity index (χ4n) is 1.70. The maximum Gasteiger partial charge on any atom is 0.345 e.